The van der Waals surface area contributed by atoms with Crippen molar-refractivity contribution in [2.45, 2.75) is 24.4 Å². The molecule has 2 unspecified atom stereocenters. The van der Waals surface area contributed by atoms with Crippen LogP contribution in [0.25, 0.3) is 0 Å². The van der Waals surface area contributed by atoms with Crippen molar-refractivity contribution in [3.8, 4) is 0 Å². The molecule has 9 nitrogen and oxygen atoms in total. The van der Waals surface area contributed by atoms with Gasteiger partial charge in [-0.15, -0.1) is 0 Å². The fourth-order valence-electron chi connectivity index (χ4n) is 4.70. The number of aliphatic hydroxyl groups is 1. The van der Waals surface area contributed by atoms with Crippen LogP contribution >= 0.6 is 0 Å². The van der Waals surface area contributed by atoms with E-state index in [0.29, 0.717) is 45.9 Å². The van der Waals surface area contributed by atoms with E-state index in [4.69, 9.17) is 14.2 Å². The lowest BCUT2D eigenvalue weighted by molar-refractivity contribution is -0.108. The second-order valence-corrected chi connectivity index (χ2v) is 9.18. The molecule has 0 aromatic heterocycles. The van der Waals surface area contributed by atoms with E-state index < -0.39 is 24.3 Å². The maximum Gasteiger partial charge on any atom is 0.410 e. The number of carbonyl (C=O) groups excluding carboxylic acids is 1. The van der Waals surface area contributed by atoms with Gasteiger partial charge in [-0.1, -0.05) is 0 Å². The molecule has 184 valence electrons. The number of anilines is 1. The Bertz CT molecular complexity index is 785. The van der Waals surface area contributed by atoms with Crippen LogP contribution in [0.3, 0.4) is 0 Å². The summed E-state index contributed by atoms with van der Waals surface area (Å²) in [4.78, 5) is 21.0. The third-order valence-electron chi connectivity index (χ3n) is 6.65. The Morgan fingerprint density at radius 1 is 1.06 bits per heavy atom. The Balaban J connectivity index is 1.45. The SMILES string of the molecule is CN1CCO[C@H](COC(=O)N2CCN(c3ccc(F)cc3)CC2C(O)[C@@H]2CN(C)CCO2)C1. The van der Waals surface area contributed by atoms with Gasteiger partial charge in [-0.05, 0) is 38.4 Å². The van der Waals surface area contributed by atoms with Gasteiger partial charge in [0.2, 0.25) is 0 Å². The third kappa shape index (κ3) is 6.13. The fraction of sp³-hybridized carbons (Fsp3) is 0.696. The molecule has 3 fully saturated rings. The van der Waals surface area contributed by atoms with Crippen LogP contribution < -0.4 is 4.90 Å². The van der Waals surface area contributed by atoms with Crippen molar-refractivity contribution in [3.05, 3.63) is 30.1 Å². The number of benzene rings is 1. The molecule has 3 aliphatic rings. The maximum atomic E-state index is 13.4. The summed E-state index contributed by atoms with van der Waals surface area (Å²) in [5.41, 5.74) is 0.849. The first-order valence-electron chi connectivity index (χ1n) is 11.6. The molecular weight excluding hydrogens is 431 g/mol. The van der Waals surface area contributed by atoms with Gasteiger partial charge in [0, 0.05) is 51.5 Å². The van der Waals surface area contributed by atoms with Crippen LogP contribution in [0.4, 0.5) is 14.9 Å². The molecule has 3 saturated heterocycles. The Labute approximate surface area is 194 Å². The van der Waals surface area contributed by atoms with Crippen molar-refractivity contribution in [1.82, 2.24) is 14.7 Å². The van der Waals surface area contributed by atoms with Crippen molar-refractivity contribution in [2.75, 3.05) is 84.6 Å². The minimum Gasteiger partial charge on any atom is -0.447 e. The van der Waals surface area contributed by atoms with Gasteiger partial charge in [0.05, 0.1) is 25.4 Å². The molecule has 1 aromatic rings. The first kappa shape index (κ1) is 24.2. The molecular formula is C23H35FN4O5. The molecule has 3 heterocycles. The average molecular weight is 467 g/mol. The van der Waals surface area contributed by atoms with E-state index in [1.54, 1.807) is 17.0 Å². The molecule has 1 aromatic carbocycles. The lowest BCUT2D eigenvalue weighted by Crippen LogP contribution is -2.63. The molecule has 3 aliphatic heterocycles. The van der Waals surface area contributed by atoms with Gasteiger partial charge in [-0.3, -0.25) is 4.90 Å². The van der Waals surface area contributed by atoms with E-state index in [0.717, 1.165) is 18.8 Å². The number of nitrogens with zero attached hydrogens (tertiary/aromatic N) is 4. The number of carbonyl (C=O) groups is 1. The highest BCUT2D eigenvalue weighted by atomic mass is 19.1. The largest absolute Gasteiger partial charge is 0.447 e. The number of hydrogen-bond donors (Lipinski definition) is 1. The fourth-order valence-corrected chi connectivity index (χ4v) is 4.70. The van der Waals surface area contributed by atoms with E-state index in [9.17, 15) is 14.3 Å². The van der Waals surface area contributed by atoms with Crippen molar-refractivity contribution >= 4 is 11.8 Å². The summed E-state index contributed by atoms with van der Waals surface area (Å²) in [6.07, 6.45) is -1.92. The minimum absolute atomic E-state index is 0.160. The molecule has 33 heavy (non-hydrogen) atoms. The number of morpholine rings is 2. The number of rotatable bonds is 5. The zero-order chi connectivity index (χ0) is 23.4. The lowest BCUT2D eigenvalue weighted by Gasteiger charge is -2.46. The number of amides is 1. The number of aliphatic hydroxyl groups excluding tert-OH is 1. The van der Waals surface area contributed by atoms with Crippen LogP contribution in [0.2, 0.25) is 0 Å². The predicted octanol–water partition coefficient (Wildman–Crippen LogP) is 0.475. The first-order chi connectivity index (χ1) is 15.9. The van der Waals surface area contributed by atoms with E-state index in [1.165, 1.54) is 12.1 Å². The Hall–Kier alpha value is -1.98. The highest BCUT2D eigenvalue weighted by Gasteiger charge is 2.41. The lowest BCUT2D eigenvalue weighted by atomic mass is 9.99. The number of piperazine rings is 1. The molecule has 0 bridgehead atoms. The normalized spacial score (nSPS) is 28.5. The molecule has 0 radical (unpaired) electrons. The summed E-state index contributed by atoms with van der Waals surface area (Å²) in [6.45, 7) is 5.60. The topological polar surface area (TPSA) is 78.0 Å². The molecule has 0 spiro atoms. The predicted molar refractivity (Wildman–Crippen MR) is 121 cm³/mol. The second kappa shape index (κ2) is 11.0. The molecule has 0 aliphatic carbocycles. The summed E-state index contributed by atoms with van der Waals surface area (Å²) >= 11 is 0. The van der Waals surface area contributed by atoms with E-state index in [1.807, 2.05) is 14.1 Å². The number of ether oxygens (including phenoxy) is 3. The smallest absolute Gasteiger partial charge is 0.410 e. The molecule has 1 amide bonds. The van der Waals surface area contributed by atoms with E-state index in [2.05, 4.69) is 14.7 Å². The van der Waals surface area contributed by atoms with Gasteiger partial charge in [-0.2, -0.15) is 0 Å². The maximum absolute atomic E-state index is 13.4. The summed E-state index contributed by atoms with van der Waals surface area (Å²) in [6, 6.07) is 5.75. The first-order valence-corrected chi connectivity index (χ1v) is 11.6. The number of halogens is 1. The average Bonchev–Trinajstić information content (AvgIpc) is 2.82. The van der Waals surface area contributed by atoms with Gasteiger partial charge >= 0.3 is 6.09 Å². The van der Waals surface area contributed by atoms with Gasteiger partial charge < -0.3 is 34.0 Å². The molecule has 0 saturated carbocycles. The molecule has 10 heteroatoms. The molecule has 4 atom stereocenters. The van der Waals surface area contributed by atoms with Crippen molar-refractivity contribution in [3.63, 3.8) is 0 Å². The quantitative estimate of drug-likeness (QED) is 0.672. The van der Waals surface area contributed by atoms with Gasteiger partial charge in [0.1, 0.15) is 24.6 Å². The zero-order valence-corrected chi connectivity index (χ0v) is 19.4. The van der Waals surface area contributed by atoms with Gasteiger partial charge in [0.15, 0.2) is 0 Å². The van der Waals surface area contributed by atoms with Crippen molar-refractivity contribution in [1.29, 1.82) is 0 Å². The van der Waals surface area contributed by atoms with E-state index in [-0.39, 0.29) is 18.5 Å². The highest BCUT2D eigenvalue weighted by molar-refractivity contribution is 5.69. The van der Waals surface area contributed by atoms with Crippen LogP contribution in [-0.2, 0) is 14.2 Å². The monoisotopic (exact) mass is 466 g/mol. The van der Waals surface area contributed by atoms with Crippen LogP contribution in [0.1, 0.15) is 0 Å². The number of likely N-dealkylation sites (N-methyl/N-ethyl adjacent to an activating group) is 2. The summed E-state index contributed by atoms with van der Waals surface area (Å²) in [5.74, 6) is -0.299. The standard InChI is InChI=1S/C23H35FN4O5/c1-25-9-11-31-19(13-25)16-33-23(30)28-8-7-27(18-5-3-17(24)4-6-18)14-20(28)22(29)21-15-26(2)10-12-32-21/h3-6,19-22,29H,7-16H2,1-2H3/t19-,20?,21-,22?/m0/s1. The third-order valence-corrected chi connectivity index (χ3v) is 6.65. The van der Waals surface area contributed by atoms with Crippen LogP contribution in [0.5, 0.6) is 0 Å². The van der Waals surface area contributed by atoms with E-state index >= 15 is 0 Å². The summed E-state index contributed by atoms with van der Waals surface area (Å²) in [7, 11) is 4.00. The molecule has 4 rings (SSSR count). The van der Waals surface area contributed by atoms with Crippen LogP contribution in [0.15, 0.2) is 24.3 Å². The minimum atomic E-state index is -0.888. The number of hydrogen-bond acceptors (Lipinski definition) is 8. The van der Waals surface area contributed by atoms with Gasteiger partial charge in [-0.25, -0.2) is 9.18 Å². The highest BCUT2D eigenvalue weighted by Crippen LogP contribution is 2.24. The summed E-state index contributed by atoms with van der Waals surface area (Å²) in [5, 5.41) is 11.3. The second-order valence-electron chi connectivity index (χ2n) is 9.18. The van der Waals surface area contributed by atoms with Gasteiger partial charge in [0.25, 0.3) is 0 Å². The Morgan fingerprint density at radius 2 is 1.76 bits per heavy atom. The zero-order valence-electron chi connectivity index (χ0n) is 19.4. The Morgan fingerprint density at radius 3 is 2.45 bits per heavy atom. The van der Waals surface area contributed by atoms with Crippen LogP contribution in [-0.4, -0.2) is 130 Å². The molecule has 1 N–H and O–H groups in total. The van der Waals surface area contributed by atoms with Crippen molar-refractivity contribution < 1.29 is 28.5 Å². The van der Waals surface area contributed by atoms with Crippen LogP contribution in [0, 0.1) is 5.82 Å². The Kier molecular flexibility index (Phi) is 8.02. The summed E-state index contributed by atoms with van der Waals surface area (Å²) < 4.78 is 30.6. The van der Waals surface area contributed by atoms with Crippen molar-refractivity contribution in [2.24, 2.45) is 0 Å².